The van der Waals surface area contributed by atoms with E-state index in [1.54, 1.807) is 0 Å². The summed E-state index contributed by atoms with van der Waals surface area (Å²) < 4.78 is 0. The molecule has 8 aliphatic rings. The topological polar surface area (TPSA) is 13.0 Å². The van der Waals surface area contributed by atoms with Crippen molar-refractivity contribution in [3.8, 4) is 33.4 Å². The molecule has 11 aromatic rings. The molecule has 0 aromatic heterocycles. The highest BCUT2D eigenvalue weighted by Crippen LogP contribution is 2.73. The predicted octanol–water partition coefficient (Wildman–Crippen LogP) is 16.6. The molecule has 19 rings (SSSR count). The van der Waals surface area contributed by atoms with Crippen molar-refractivity contribution in [3.63, 3.8) is 0 Å². The van der Waals surface area contributed by atoms with E-state index in [4.69, 9.17) is 0 Å². The van der Waals surface area contributed by atoms with Crippen LogP contribution in [-0.4, -0.2) is 25.5 Å². The summed E-state index contributed by atoms with van der Waals surface area (Å²) >= 11 is 1.99. The lowest BCUT2D eigenvalue weighted by molar-refractivity contribution is 0.00224. The van der Waals surface area contributed by atoms with Crippen molar-refractivity contribution >= 4 is 115 Å². The Morgan fingerprint density at radius 1 is 0.379 bits per heavy atom. The van der Waals surface area contributed by atoms with Crippen LogP contribution < -0.4 is 52.4 Å². The Morgan fingerprint density at radius 2 is 0.862 bits per heavy atom. The Bertz CT molecular complexity index is 4560. The summed E-state index contributed by atoms with van der Waals surface area (Å²) in [5.74, 6) is 1.73. The fourth-order valence-corrected chi connectivity index (χ4v) is 19.5. The Hall–Kier alpha value is -8.90. The predicted molar refractivity (Wildman–Crippen MR) is 368 cm³/mol. The molecule has 1 saturated heterocycles. The maximum absolute atomic E-state index is 2.98. The molecule has 4 atom stereocenters. The standard InChI is InChI=1S/C80H64B2N4S/c1-79(2,3)54-42-71-77-75(43-54)87-74-47-70-66(46-67(74)82(77)64-33-19-21-35-68(64)84(71)57-29-15-7-16-30-57)81-65-34-20-22-36-69(65)86(78-62(51-25-11-5-12-26-51)37-53(50-23-9-4-10-24-50)38-63(78)52-27-13-6-14-28-52)73-45-59(44-72(76(73)81)85(70)58-31-17-8-18-32-58)83-60-40-55-39-56-41-61(83)49-80(55,56)48-60/h4-38,42-47,55-56,60-61H,39-41,48-49H2,1-3H3. The van der Waals surface area contributed by atoms with E-state index in [0.717, 1.165) is 11.8 Å². The van der Waals surface area contributed by atoms with Gasteiger partial charge in [-0.3, -0.25) is 0 Å². The molecular formula is C80H64B2N4S. The minimum atomic E-state index is -0.0749. The van der Waals surface area contributed by atoms with Crippen molar-refractivity contribution in [1.29, 1.82) is 0 Å². The lowest BCUT2D eigenvalue weighted by Gasteiger charge is -2.49. The van der Waals surface area contributed by atoms with Gasteiger partial charge in [-0.1, -0.05) is 208 Å². The smallest absolute Gasteiger partial charge is 0.252 e. The van der Waals surface area contributed by atoms with Crippen LogP contribution in [0.25, 0.3) is 33.4 Å². The summed E-state index contributed by atoms with van der Waals surface area (Å²) in [7, 11) is 0. The first-order valence-electron chi connectivity index (χ1n) is 31.8. The van der Waals surface area contributed by atoms with Crippen molar-refractivity contribution in [1.82, 2.24) is 0 Å². The molecule has 87 heavy (non-hydrogen) atoms. The van der Waals surface area contributed by atoms with Crippen LogP contribution in [-0.2, 0) is 5.41 Å². The SMILES string of the molecule is CC(C)(C)c1cc2c3c(c1)N(c1ccccc1)c1ccccc1B3c1cc3c(cc1S2)N(c1ccccc1)c1cc(N2C4CC5CC6CC2CC56C4)cc2c1B3c1ccccc1N2c1c(-c2ccccc2)cc(-c2ccccc2)cc1-c1ccccc1. The van der Waals surface area contributed by atoms with Gasteiger partial charge in [0.25, 0.3) is 6.71 Å². The highest BCUT2D eigenvalue weighted by Gasteiger charge is 2.69. The summed E-state index contributed by atoms with van der Waals surface area (Å²) in [6, 6.07) is 96.5. The van der Waals surface area contributed by atoms with Crippen LogP contribution in [0.3, 0.4) is 0 Å². The molecule has 0 N–H and O–H groups in total. The summed E-state index contributed by atoms with van der Waals surface area (Å²) in [5, 5.41) is 0. The van der Waals surface area contributed by atoms with Crippen molar-refractivity contribution in [3.05, 3.63) is 254 Å². The second kappa shape index (κ2) is 18.6. The first-order valence-corrected chi connectivity index (χ1v) is 32.6. The van der Waals surface area contributed by atoms with Gasteiger partial charge in [-0.05, 0) is 189 Å². The van der Waals surface area contributed by atoms with Gasteiger partial charge in [0.2, 0.25) is 6.71 Å². The van der Waals surface area contributed by atoms with E-state index >= 15 is 0 Å². The molecule has 7 heteroatoms. The van der Waals surface area contributed by atoms with Crippen molar-refractivity contribution in [2.24, 2.45) is 17.3 Å². The third-order valence-electron chi connectivity index (χ3n) is 21.9. The molecule has 3 saturated carbocycles. The Labute approximate surface area is 516 Å². The monoisotopic (exact) mass is 1130 g/mol. The average molecular weight is 1140 g/mol. The second-order valence-electron chi connectivity index (χ2n) is 27.2. The van der Waals surface area contributed by atoms with Crippen LogP contribution >= 0.6 is 11.8 Å². The van der Waals surface area contributed by atoms with Crippen LogP contribution in [0.4, 0.5) is 56.9 Å². The Kier molecular flexibility index (Phi) is 10.7. The molecule has 4 nitrogen and oxygen atoms in total. The molecular weight excluding hydrogens is 1070 g/mol. The van der Waals surface area contributed by atoms with Gasteiger partial charge in [0.05, 0.1) is 5.69 Å². The van der Waals surface area contributed by atoms with E-state index in [9.17, 15) is 0 Å². The zero-order valence-electron chi connectivity index (χ0n) is 49.4. The molecule has 4 fully saturated rings. The number of hydrogen-bond donors (Lipinski definition) is 0. The van der Waals surface area contributed by atoms with Gasteiger partial charge in [-0.15, -0.1) is 0 Å². The average Bonchev–Trinajstić information content (AvgIpc) is 1.70. The number of hydrogen-bond acceptors (Lipinski definition) is 5. The number of anilines is 10. The molecule has 1 spiro atoms. The molecule has 3 aliphatic carbocycles. The molecule has 0 amide bonds. The van der Waals surface area contributed by atoms with Gasteiger partial charge in [0.15, 0.2) is 0 Å². The molecule has 5 heterocycles. The zero-order valence-corrected chi connectivity index (χ0v) is 50.2. The molecule has 0 radical (unpaired) electrons. The number of para-hydroxylation sites is 4. The third-order valence-corrected chi connectivity index (χ3v) is 23.0. The number of fused-ring (bicyclic) bond motifs is 10. The number of nitrogens with zero attached hydrogens (tertiary/aromatic N) is 4. The van der Waals surface area contributed by atoms with Crippen LogP contribution in [0.1, 0.15) is 58.4 Å². The van der Waals surface area contributed by atoms with E-state index in [2.05, 4.69) is 289 Å². The highest BCUT2D eigenvalue weighted by molar-refractivity contribution is 8.00. The molecule has 416 valence electrons. The summed E-state index contributed by atoms with van der Waals surface area (Å²) in [6.07, 6.45) is 6.73. The zero-order chi connectivity index (χ0) is 57.4. The van der Waals surface area contributed by atoms with Crippen molar-refractivity contribution in [2.75, 3.05) is 19.6 Å². The van der Waals surface area contributed by atoms with E-state index < -0.39 is 0 Å². The summed E-state index contributed by atoms with van der Waals surface area (Å²) in [6.45, 7) is 7.05. The van der Waals surface area contributed by atoms with Crippen LogP contribution in [0.2, 0.25) is 0 Å². The number of benzene rings is 11. The summed E-state index contributed by atoms with van der Waals surface area (Å²) in [4.78, 5) is 13.7. The lowest BCUT2D eigenvalue weighted by atomic mass is 9.31. The molecule has 4 unspecified atom stereocenters. The Balaban J connectivity index is 0.910. The van der Waals surface area contributed by atoms with Gasteiger partial charge >= 0.3 is 0 Å². The van der Waals surface area contributed by atoms with Gasteiger partial charge in [-0.2, -0.15) is 0 Å². The number of rotatable bonds is 7. The van der Waals surface area contributed by atoms with Crippen LogP contribution in [0.15, 0.2) is 259 Å². The first-order chi connectivity index (χ1) is 42.7. The summed E-state index contributed by atoms with van der Waals surface area (Å²) in [5.41, 5.74) is 29.8. The van der Waals surface area contributed by atoms with E-state index in [-0.39, 0.29) is 18.8 Å². The van der Waals surface area contributed by atoms with Crippen molar-refractivity contribution < 1.29 is 0 Å². The highest BCUT2D eigenvalue weighted by atomic mass is 32.2. The fraction of sp³-hybridized carbons (Fsp3) is 0.175. The van der Waals surface area contributed by atoms with Gasteiger partial charge < -0.3 is 19.6 Å². The maximum Gasteiger partial charge on any atom is 0.252 e. The van der Waals surface area contributed by atoms with E-state index in [0.29, 0.717) is 17.5 Å². The Morgan fingerprint density at radius 3 is 1.44 bits per heavy atom. The molecule has 5 aliphatic heterocycles. The van der Waals surface area contributed by atoms with E-state index in [1.165, 1.54) is 170 Å². The minimum Gasteiger partial charge on any atom is -0.365 e. The second-order valence-corrected chi connectivity index (χ2v) is 28.3. The molecule has 3 bridgehead atoms. The van der Waals surface area contributed by atoms with Gasteiger partial charge in [0.1, 0.15) is 0 Å². The van der Waals surface area contributed by atoms with Crippen LogP contribution in [0.5, 0.6) is 0 Å². The molecule has 11 aromatic carbocycles. The van der Waals surface area contributed by atoms with Gasteiger partial charge in [0, 0.05) is 84.2 Å². The normalized spacial score (nSPS) is 20.9. The fourth-order valence-electron chi connectivity index (χ4n) is 18.2. The maximum atomic E-state index is 2.98. The van der Waals surface area contributed by atoms with Gasteiger partial charge in [-0.25, -0.2) is 0 Å². The quantitative estimate of drug-likeness (QED) is 0.147. The largest absolute Gasteiger partial charge is 0.365 e. The van der Waals surface area contributed by atoms with Crippen molar-refractivity contribution in [2.45, 2.75) is 80.2 Å². The van der Waals surface area contributed by atoms with E-state index in [1.807, 2.05) is 11.8 Å². The number of piperidine rings is 1. The minimum absolute atomic E-state index is 0.0192. The first kappa shape index (κ1) is 50.3. The van der Waals surface area contributed by atoms with Crippen LogP contribution in [0, 0.1) is 17.3 Å². The lowest BCUT2D eigenvalue weighted by Crippen LogP contribution is -2.64. The third kappa shape index (κ3) is 7.24.